The van der Waals surface area contributed by atoms with Gasteiger partial charge in [-0.15, -0.1) is 0 Å². The average Bonchev–Trinajstić information content (AvgIpc) is 2.30. The van der Waals surface area contributed by atoms with Crippen molar-refractivity contribution in [3.8, 4) is 0 Å². The summed E-state index contributed by atoms with van der Waals surface area (Å²) >= 11 is 0. The van der Waals surface area contributed by atoms with Gasteiger partial charge in [0.05, 0.1) is 6.61 Å². The number of hydrogen-bond donors (Lipinski definition) is 3. The Labute approximate surface area is 102 Å². The van der Waals surface area contributed by atoms with Gasteiger partial charge in [-0.1, -0.05) is 0 Å². The van der Waals surface area contributed by atoms with E-state index >= 15 is 0 Å². The Hall–Kier alpha value is -1.40. The Morgan fingerprint density at radius 1 is 1.29 bits per heavy atom. The van der Waals surface area contributed by atoms with Crippen molar-refractivity contribution in [2.24, 2.45) is 5.84 Å². The van der Waals surface area contributed by atoms with Crippen LogP contribution in [0.5, 0.6) is 0 Å². The highest BCUT2D eigenvalue weighted by Gasteiger charge is 2.10. The first-order valence-corrected chi connectivity index (χ1v) is 5.74. The zero-order valence-corrected chi connectivity index (χ0v) is 10.9. The zero-order chi connectivity index (χ0) is 12.8. The molecule has 0 aliphatic heterocycles. The fourth-order valence-corrected chi connectivity index (χ4v) is 1.48. The van der Waals surface area contributed by atoms with Crippen LogP contribution in [0.1, 0.15) is 25.2 Å². The third-order valence-corrected chi connectivity index (χ3v) is 2.35. The van der Waals surface area contributed by atoms with Gasteiger partial charge < -0.3 is 15.5 Å². The third kappa shape index (κ3) is 3.83. The number of nitrogens with one attached hydrogen (secondary N) is 2. The fraction of sp³-hybridized carbons (Fsp3) is 0.636. The number of aromatic nitrogens is 2. The Morgan fingerprint density at radius 3 is 2.53 bits per heavy atom. The summed E-state index contributed by atoms with van der Waals surface area (Å²) in [7, 11) is 0. The molecule has 0 radical (unpaired) electrons. The molecule has 1 aromatic heterocycles. The minimum atomic E-state index is 0.188. The van der Waals surface area contributed by atoms with E-state index in [9.17, 15) is 0 Å². The number of nitrogens with zero attached hydrogens (tertiary/aromatic N) is 2. The van der Waals surface area contributed by atoms with E-state index in [-0.39, 0.29) is 6.04 Å². The van der Waals surface area contributed by atoms with Crippen LogP contribution in [-0.4, -0.2) is 29.2 Å². The number of ether oxygens (including phenoxy) is 1. The summed E-state index contributed by atoms with van der Waals surface area (Å²) in [6.45, 7) is 9.13. The Bertz CT molecular complexity index is 369. The molecule has 6 heteroatoms. The summed E-state index contributed by atoms with van der Waals surface area (Å²) in [6, 6.07) is 0.188. The molecule has 1 atom stereocenters. The molecule has 96 valence electrons. The van der Waals surface area contributed by atoms with E-state index in [0.29, 0.717) is 24.9 Å². The van der Waals surface area contributed by atoms with Crippen molar-refractivity contribution >= 4 is 11.6 Å². The Morgan fingerprint density at radius 2 is 1.94 bits per heavy atom. The van der Waals surface area contributed by atoms with Gasteiger partial charge in [0.25, 0.3) is 0 Å². The fourth-order valence-electron chi connectivity index (χ4n) is 1.48. The summed E-state index contributed by atoms with van der Waals surface area (Å²) in [5.74, 6) is 7.51. The first-order chi connectivity index (χ1) is 8.08. The molecule has 0 amide bonds. The molecule has 0 saturated carbocycles. The maximum absolute atomic E-state index is 5.41. The monoisotopic (exact) mass is 239 g/mol. The van der Waals surface area contributed by atoms with Crippen LogP contribution in [-0.2, 0) is 4.74 Å². The molecule has 1 aromatic rings. The average molecular weight is 239 g/mol. The summed E-state index contributed by atoms with van der Waals surface area (Å²) in [5, 5.41) is 3.29. The summed E-state index contributed by atoms with van der Waals surface area (Å²) in [5.41, 5.74) is 3.47. The second-order valence-electron chi connectivity index (χ2n) is 3.94. The first kappa shape index (κ1) is 13.7. The molecular weight excluding hydrogens is 218 g/mol. The van der Waals surface area contributed by atoms with Gasteiger partial charge in [0, 0.05) is 18.2 Å². The molecule has 0 bridgehead atoms. The van der Waals surface area contributed by atoms with Crippen LogP contribution >= 0.6 is 0 Å². The van der Waals surface area contributed by atoms with Gasteiger partial charge in [0.1, 0.15) is 17.5 Å². The smallest absolute Gasteiger partial charge is 0.148 e. The molecule has 1 heterocycles. The van der Waals surface area contributed by atoms with Crippen molar-refractivity contribution in [3.63, 3.8) is 0 Å². The van der Waals surface area contributed by atoms with E-state index in [0.717, 1.165) is 11.4 Å². The highest BCUT2D eigenvalue weighted by Crippen LogP contribution is 2.19. The predicted molar refractivity (Wildman–Crippen MR) is 68.9 cm³/mol. The van der Waals surface area contributed by atoms with E-state index in [2.05, 4.69) is 20.7 Å². The minimum Gasteiger partial charge on any atom is -0.380 e. The first-order valence-electron chi connectivity index (χ1n) is 5.74. The standard InChI is InChI=1S/C11H21N5O/c1-5-17-6-7(2)13-10-8(3)11(16-12)15-9(4)14-10/h7H,5-6,12H2,1-4H3,(H2,13,14,15,16). The molecule has 1 unspecified atom stereocenters. The molecule has 0 aliphatic carbocycles. The van der Waals surface area contributed by atoms with Crippen molar-refractivity contribution in [1.29, 1.82) is 0 Å². The molecule has 0 spiro atoms. The van der Waals surface area contributed by atoms with E-state index in [4.69, 9.17) is 10.6 Å². The normalized spacial score (nSPS) is 12.3. The molecular formula is C11H21N5O. The lowest BCUT2D eigenvalue weighted by Gasteiger charge is -2.17. The van der Waals surface area contributed by atoms with Crippen molar-refractivity contribution in [3.05, 3.63) is 11.4 Å². The van der Waals surface area contributed by atoms with Gasteiger partial charge >= 0.3 is 0 Å². The molecule has 6 nitrogen and oxygen atoms in total. The van der Waals surface area contributed by atoms with Crippen LogP contribution in [0.3, 0.4) is 0 Å². The van der Waals surface area contributed by atoms with Gasteiger partial charge in [-0.3, -0.25) is 0 Å². The number of rotatable bonds is 6. The Kier molecular flexibility index (Phi) is 5.11. The van der Waals surface area contributed by atoms with Gasteiger partial charge in [0.2, 0.25) is 0 Å². The number of nitrogens with two attached hydrogens (primary N) is 1. The number of anilines is 2. The van der Waals surface area contributed by atoms with Gasteiger partial charge in [-0.05, 0) is 27.7 Å². The zero-order valence-electron chi connectivity index (χ0n) is 10.9. The van der Waals surface area contributed by atoms with E-state index in [1.807, 2.05) is 27.7 Å². The van der Waals surface area contributed by atoms with Crippen LogP contribution in [0.4, 0.5) is 11.6 Å². The quantitative estimate of drug-likeness (QED) is 0.511. The van der Waals surface area contributed by atoms with Gasteiger partial charge in [-0.2, -0.15) is 0 Å². The highest BCUT2D eigenvalue weighted by molar-refractivity contribution is 5.56. The lowest BCUT2D eigenvalue weighted by atomic mass is 10.2. The van der Waals surface area contributed by atoms with Gasteiger partial charge in [-0.25, -0.2) is 15.8 Å². The summed E-state index contributed by atoms with van der Waals surface area (Å²) in [6.07, 6.45) is 0. The van der Waals surface area contributed by atoms with Crippen LogP contribution < -0.4 is 16.6 Å². The lowest BCUT2D eigenvalue weighted by molar-refractivity contribution is 0.141. The molecule has 17 heavy (non-hydrogen) atoms. The maximum atomic E-state index is 5.41. The van der Waals surface area contributed by atoms with Crippen LogP contribution in [0.25, 0.3) is 0 Å². The third-order valence-electron chi connectivity index (χ3n) is 2.35. The topological polar surface area (TPSA) is 85.1 Å². The largest absolute Gasteiger partial charge is 0.380 e. The van der Waals surface area contributed by atoms with E-state index in [1.54, 1.807) is 0 Å². The lowest BCUT2D eigenvalue weighted by Crippen LogP contribution is -2.24. The van der Waals surface area contributed by atoms with Crippen molar-refractivity contribution in [2.45, 2.75) is 33.7 Å². The summed E-state index contributed by atoms with van der Waals surface area (Å²) < 4.78 is 5.35. The highest BCUT2D eigenvalue weighted by atomic mass is 16.5. The minimum absolute atomic E-state index is 0.188. The van der Waals surface area contributed by atoms with Crippen LogP contribution in [0.15, 0.2) is 0 Å². The maximum Gasteiger partial charge on any atom is 0.148 e. The number of hydrogen-bond acceptors (Lipinski definition) is 6. The molecule has 0 aromatic carbocycles. The van der Waals surface area contributed by atoms with E-state index in [1.165, 1.54) is 0 Å². The molecule has 1 rings (SSSR count). The molecule has 0 fully saturated rings. The molecule has 4 N–H and O–H groups in total. The molecule has 0 saturated heterocycles. The molecule has 0 aliphatic rings. The second kappa shape index (κ2) is 6.36. The predicted octanol–water partition coefficient (Wildman–Crippen LogP) is 1.22. The van der Waals surface area contributed by atoms with Gasteiger partial charge in [0.15, 0.2) is 0 Å². The van der Waals surface area contributed by atoms with Crippen molar-refractivity contribution < 1.29 is 4.74 Å². The Balaban J connectivity index is 2.79. The number of nitrogen functional groups attached to an aromatic ring is 1. The van der Waals surface area contributed by atoms with E-state index < -0.39 is 0 Å². The second-order valence-corrected chi connectivity index (χ2v) is 3.94. The number of hydrazine groups is 1. The SMILES string of the molecule is CCOCC(C)Nc1nc(C)nc(NN)c1C. The van der Waals surface area contributed by atoms with Crippen molar-refractivity contribution in [1.82, 2.24) is 9.97 Å². The summed E-state index contributed by atoms with van der Waals surface area (Å²) in [4.78, 5) is 8.56. The van der Waals surface area contributed by atoms with Crippen LogP contribution in [0, 0.1) is 13.8 Å². The number of aryl methyl sites for hydroxylation is 1. The van der Waals surface area contributed by atoms with Crippen LogP contribution in [0.2, 0.25) is 0 Å². The van der Waals surface area contributed by atoms with Crippen molar-refractivity contribution in [2.75, 3.05) is 24.0 Å².